The van der Waals surface area contributed by atoms with E-state index in [0.29, 0.717) is 0 Å². The maximum absolute atomic E-state index is 5.73. The van der Waals surface area contributed by atoms with Crippen LogP contribution < -0.4 is 5.73 Å². The van der Waals surface area contributed by atoms with Gasteiger partial charge in [0.05, 0.1) is 0 Å². The monoisotopic (exact) mass is 174 g/mol. The van der Waals surface area contributed by atoms with Gasteiger partial charge in [-0.2, -0.15) is 0 Å². The first-order chi connectivity index (χ1) is 6.25. The summed E-state index contributed by atoms with van der Waals surface area (Å²) in [5, 5.41) is 1.26. The van der Waals surface area contributed by atoms with Gasteiger partial charge in [0.15, 0.2) is 0 Å². The molecule has 0 spiro atoms. The number of benzene rings is 1. The fourth-order valence-electron chi connectivity index (χ4n) is 1.59. The predicted molar refractivity (Wildman–Crippen MR) is 55.7 cm³/mol. The van der Waals surface area contributed by atoms with Crippen LogP contribution in [-0.4, -0.2) is 11.0 Å². The van der Waals surface area contributed by atoms with Crippen molar-refractivity contribution in [2.45, 2.75) is 19.4 Å². The zero-order valence-electron chi connectivity index (χ0n) is 7.75. The second-order valence-corrected chi connectivity index (χ2v) is 3.58. The number of hydrogen-bond donors (Lipinski definition) is 2. The molecule has 13 heavy (non-hydrogen) atoms. The van der Waals surface area contributed by atoms with Gasteiger partial charge in [0.2, 0.25) is 0 Å². The molecule has 1 heterocycles. The van der Waals surface area contributed by atoms with E-state index in [1.165, 1.54) is 16.5 Å². The molecule has 0 aliphatic heterocycles. The van der Waals surface area contributed by atoms with Crippen molar-refractivity contribution >= 4 is 10.9 Å². The average molecular weight is 174 g/mol. The molecule has 0 aliphatic rings. The summed E-state index contributed by atoms with van der Waals surface area (Å²) in [7, 11) is 0. The standard InChI is InChI=1S/C11H14N2/c1-8(12)6-9-2-3-10-4-5-13-11(10)7-9/h2-5,7-8,13H,6,12H2,1H3. The fraction of sp³-hybridized carbons (Fsp3) is 0.273. The molecule has 68 valence electrons. The normalized spacial score (nSPS) is 13.4. The molecule has 1 aromatic heterocycles. The van der Waals surface area contributed by atoms with Gasteiger partial charge < -0.3 is 10.7 Å². The SMILES string of the molecule is CC(N)Cc1ccc2cc[nH]c2c1. The summed E-state index contributed by atoms with van der Waals surface area (Å²) in [4.78, 5) is 3.19. The third-order valence-corrected chi connectivity index (χ3v) is 2.18. The molecule has 0 bridgehead atoms. The minimum Gasteiger partial charge on any atom is -0.361 e. The molecule has 0 radical (unpaired) electrons. The van der Waals surface area contributed by atoms with Crippen molar-refractivity contribution in [3.8, 4) is 0 Å². The van der Waals surface area contributed by atoms with Crippen LogP contribution in [0, 0.1) is 0 Å². The zero-order valence-corrected chi connectivity index (χ0v) is 7.75. The van der Waals surface area contributed by atoms with E-state index >= 15 is 0 Å². The summed E-state index contributed by atoms with van der Waals surface area (Å²) in [5.41, 5.74) is 8.22. The van der Waals surface area contributed by atoms with Gasteiger partial charge in [-0.05, 0) is 36.4 Å². The van der Waals surface area contributed by atoms with Crippen molar-refractivity contribution in [2.75, 3.05) is 0 Å². The molecular weight excluding hydrogens is 160 g/mol. The Hall–Kier alpha value is -1.28. The van der Waals surface area contributed by atoms with Crippen LogP contribution in [-0.2, 0) is 6.42 Å². The highest BCUT2D eigenvalue weighted by Crippen LogP contribution is 2.14. The summed E-state index contributed by atoms with van der Waals surface area (Å²) >= 11 is 0. The van der Waals surface area contributed by atoms with Crippen molar-refractivity contribution in [3.63, 3.8) is 0 Å². The second kappa shape index (κ2) is 3.23. The summed E-state index contributed by atoms with van der Waals surface area (Å²) in [6.07, 6.45) is 2.90. The van der Waals surface area contributed by atoms with Gasteiger partial charge in [0, 0.05) is 17.8 Å². The number of fused-ring (bicyclic) bond motifs is 1. The van der Waals surface area contributed by atoms with E-state index in [1.54, 1.807) is 0 Å². The largest absolute Gasteiger partial charge is 0.361 e. The van der Waals surface area contributed by atoms with Crippen molar-refractivity contribution in [1.82, 2.24) is 4.98 Å². The lowest BCUT2D eigenvalue weighted by Gasteiger charge is -2.04. The van der Waals surface area contributed by atoms with Crippen LogP contribution >= 0.6 is 0 Å². The van der Waals surface area contributed by atoms with Gasteiger partial charge in [-0.15, -0.1) is 0 Å². The van der Waals surface area contributed by atoms with Crippen molar-refractivity contribution < 1.29 is 0 Å². The average Bonchev–Trinajstić information content (AvgIpc) is 2.49. The highest BCUT2D eigenvalue weighted by Gasteiger charge is 1.99. The molecule has 3 N–H and O–H groups in total. The van der Waals surface area contributed by atoms with E-state index in [0.717, 1.165) is 6.42 Å². The summed E-state index contributed by atoms with van der Waals surface area (Å²) in [6, 6.07) is 8.74. The lowest BCUT2D eigenvalue weighted by Crippen LogP contribution is -2.17. The number of nitrogens with one attached hydrogen (secondary N) is 1. The zero-order chi connectivity index (χ0) is 9.26. The third-order valence-electron chi connectivity index (χ3n) is 2.18. The molecule has 0 saturated carbocycles. The topological polar surface area (TPSA) is 41.8 Å². The molecule has 1 aromatic carbocycles. The summed E-state index contributed by atoms with van der Waals surface area (Å²) in [5.74, 6) is 0. The molecule has 0 amide bonds. The highest BCUT2D eigenvalue weighted by molar-refractivity contribution is 5.79. The molecular formula is C11H14N2. The molecule has 0 fully saturated rings. The molecule has 0 aliphatic carbocycles. The van der Waals surface area contributed by atoms with Crippen LogP contribution in [0.2, 0.25) is 0 Å². The molecule has 1 atom stereocenters. The van der Waals surface area contributed by atoms with Gasteiger partial charge >= 0.3 is 0 Å². The molecule has 2 nitrogen and oxygen atoms in total. The fourth-order valence-corrected chi connectivity index (χ4v) is 1.59. The lowest BCUT2D eigenvalue weighted by atomic mass is 10.1. The Morgan fingerprint density at radius 3 is 3.00 bits per heavy atom. The Morgan fingerprint density at radius 2 is 2.23 bits per heavy atom. The molecule has 2 aromatic rings. The molecule has 2 rings (SSSR count). The first-order valence-electron chi connectivity index (χ1n) is 4.57. The van der Waals surface area contributed by atoms with Crippen LogP contribution in [0.3, 0.4) is 0 Å². The predicted octanol–water partition coefficient (Wildman–Crippen LogP) is 2.06. The van der Waals surface area contributed by atoms with E-state index < -0.39 is 0 Å². The number of rotatable bonds is 2. The number of hydrogen-bond acceptors (Lipinski definition) is 1. The number of aromatic amines is 1. The summed E-state index contributed by atoms with van der Waals surface area (Å²) < 4.78 is 0. The Balaban J connectivity index is 2.37. The van der Waals surface area contributed by atoms with Crippen LogP contribution in [0.5, 0.6) is 0 Å². The number of H-pyrrole nitrogens is 1. The first kappa shape index (κ1) is 8.32. The highest BCUT2D eigenvalue weighted by atomic mass is 14.7. The number of nitrogens with two attached hydrogens (primary N) is 1. The number of aromatic nitrogens is 1. The molecule has 2 heteroatoms. The van der Waals surface area contributed by atoms with Crippen molar-refractivity contribution in [2.24, 2.45) is 5.73 Å². The van der Waals surface area contributed by atoms with Gasteiger partial charge in [-0.3, -0.25) is 0 Å². The quantitative estimate of drug-likeness (QED) is 0.719. The van der Waals surface area contributed by atoms with Crippen LogP contribution in [0.25, 0.3) is 10.9 Å². The minimum atomic E-state index is 0.229. The van der Waals surface area contributed by atoms with E-state index in [-0.39, 0.29) is 6.04 Å². The summed E-state index contributed by atoms with van der Waals surface area (Å²) in [6.45, 7) is 2.03. The van der Waals surface area contributed by atoms with Gasteiger partial charge in [0.1, 0.15) is 0 Å². The van der Waals surface area contributed by atoms with E-state index in [1.807, 2.05) is 13.1 Å². The van der Waals surface area contributed by atoms with Crippen LogP contribution in [0.1, 0.15) is 12.5 Å². The van der Waals surface area contributed by atoms with Gasteiger partial charge in [-0.25, -0.2) is 0 Å². The van der Waals surface area contributed by atoms with Crippen molar-refractivity contribution in [1.29, 1.82) is 0 Å². The Kier molecular flexibility index (Phi) is 2.07. The van der Waals surface area contributed by atoms with Crippen LogP contribution in [0.15, 0.2) is 30.5 Å². The minimum absolute atomic E-state index is 0.229. The van der Waals surface area contributed by atoms with Crippen LogP contribution in [0.4, 0.5) is 0 Å². The van der Waals surface area contributed by atoms with Crippen molar-refractivity contribution in [3.05, 3.63) is 36.0 Å². The third kappa shape index (κ3) is 1.73. The lowest BCUT2D eigenvalue weighted by molar-refractivity contribution is 0.739. The first-order valence-corrected chi connectivity index (χ1v) is 4.57. The second-order valence-electron chi connectivity index (χ2n) is 3.58. The maximum Gasteiger partial charge on any atom is 0.0456 e. The Labute approximate surface area is 77.8 Å². The van der Waals surface area contributed by atoms with E-state index in [9.17, 15) is 0 Å². The van der Waals surface area contributed by atoms with E-state index in [4.69, 9.17) is 5.73 Å². The molecule has 0 saturated heterocycles. The van der Waals surface area contributed by atoms with Gasteiger partial charge in [0.25, 0.3) is 0 Å². The Bertz CT molecular complexity index is 401. The smallest absolute Gasteiger partial charge is 0.0456 e. The van der Waals surface area contributed by atoms with Gasteiger partial charge in [-0.1, -0.05) is 12.1 Å². The molecule has 1 unspecified atom stereocenters. The Morgan fingerprint density at radius 1 is 1.38 bits per heavy atom. The maximum atomic E-state index is 5.73. The van der Waals surface area contributed by atoms with E-state index in [2.05, 4.69) is 29.2 Å².